The molecule has 1 spiro atoms. The summed E-state index contributed by atoms with van der Waals surface area (Å²) in [5.41, 5.74) is 0.506. The van der Waals surface area contributed by atoms with E-state index in [0.29, 0.717) is 11.5 Å². The molecule has 1 amide bonds. The zero-order valence-electron chi connectivity index (χ0n) is 16.0. The molecule has 1 saturated carbocycles. The molecule has 4 nitrogen and oxygen atoms in total. The molecule has 1 aliphatic carbocycles. The van der Waals surface area contributed by atoms with Crippen molar-refractivity contribution in [1.29, 1.82) is 0 Å². The van der Waals surface area contributed by atoms with Gasteiger partial charge in [-0.25, -0.2) is 0 Å². The monoisotopic (exact) mass is 328 g/mol. The number of ether oxygens (including phenoxy) is 1. The van der Waals surface area contributed by atoms with Gasteiger partial charge in [-0.1, -0.05) is 20.8 Å². The van der Waals surface area contributed by atoms with Crippen LogP contribution in [0.15, 0.2) is 0 Å². The summed E-state index contributed by atoms with van der Waals surface area (Å²) in [6.45, 7) is 15.6. The lowest BCUT2D eigenvalue weighted by Crippen LogP contribution is -2.63. The minimum atomic E-state index is 0. The van der Waals surface area contributed by atoms with Crippen molar-refractivity contribution in [2.45, 2.75) is 72.8 Å². The van der Waals surface area contributed by atoms with Crippen LogP contribution in [0.25, 0.3) is 0 Å². The smallest absolute Gasteiger partial charge is 0.223 e. The fourth-order valence-electron chi connectivity index (χ4n) is 3.63. The Morgan fingerprint density at radius 3 is 2.48 bits per heavy atom. The average Bonchev–Trinajstić information content (AvgIpc) is 2.45. The summed E-state index contributed by atoms with van der Waals surface area (Å²) in [5.74, 6) is 0.572. The highest BCUT2D eigenvalue weighted by Gasteiger charge is 2.53. The predicted octanol–water partition coefficient (Wildman–Crippen LogP) is 3.70. The van der Waals surface area contributed by atoms with E-state index in [1.807, 2.05) is 13.8 Å². The largest absolute Gasteiger partial charge is 0.379 e. The van der Waals surface area contributed by atoms with E-state index in [9.17, 15) is 4.79 Å². The number of unbranched alkanes of at least 4 members (excludes halogenated alkanes) is 2. The summed E-state index contributed by atoms with van der Waals surface area (Å²) >= 11 is 0. The Kier molecular flexibility index (Phi) is 9.15. The van der Waals surface area contributed by atoms with E-state index in [-0.39, 0.29) is 13.3 Å². The number of carbonyl (C=O) groups excluding carboxylic acids is 1. The number of hydrogen-bond donors (Lipinski definition) is 1. The van der Waals surface area contributed by atoms with Gasteiger partial charge in [-0.2, -0.15) is 0 Å². The zero-order valence-corrected chi connectivity index (χ0v) is 16.0. The van der Waals surface area contributed by atoms with Gasteiger partial charge in [0, 0.05) is 33.6 Å². The Balaban J connectivity index is 0.00000170. The molecule has 1 saturated heterocycles. The van der Waals surface area contributed by atoms with Crippen molar-refractivity contribution >= 4 is 5.91 Å². The maximum Gasteiger partial charge on any atom is 0.223 e. The Hall–Kier alpha value is -0.610. The van der Waals surface area contributed by atoms with Crippen molar-refractivity contribution in [3.63, 3.8) is 0 Å². The molecule has 1 N–H and O–H groups in total. The van der Waals surface area contributed by atoms with E-state index < -0.39 is 0 Å². The van der Waals surface area contributed by atoms with Crippen LogP contribution >= 0.6 is 0 Å². The highest BCUT2D eigenvalue weighted by Crippen LogP contribution is 2.51. The summed E-state index contributed by atoms with van der Waals surface area (Å²) in [7, 11) is 0. The Labute approximate surface area is 144 Å². The van der Waals surface area contributed by atoms with E-state index >= 15 is 0 Å². The number of nitrogens with zero attached hydrogens (tertiary/aromatic N) is 1. The van der Waals surface area contributed by atoms with Gasteiger partial charge in [-0.05, 0) is 57.9 Å². The molecule has 0 atom stereocenters. The third kappa shape index (κ3) is 6.42. The molecular formula is C19H40N2O2. The maximum absolute atomic E-state index is 12.0. The van der Waals surface area contributed by atoms with Crippen LogP contribution in [0.4, 0.5) is 0 Å². The molecular weight excluding hydrogens is 288 g/mol. The van der Waals surface area contributed by atoms with E-state index in [2.05, 4.69) is 31.0 Å². The molecule has 2 rings (SSSR count). The van der Waals surface area contributed by atoms with Gasteiger partial charge in [0.05, 0.1) is 6.10 Å². The summed E-state index contributed by atoms with van der Waals surface area (Å²) in [6.07, 6.45) is 5.83. The molecule has 0 aromatic rings. The van der Waals surface area contributed by atoms with Gasteiger partial charge >= 0.3 is 0 Å². The first kappa shape index (κ1) is 20.4. The van der Waals surface area contributed by atoms with Gasteiger partial charge in [0.1, 0.15) is 0 Å². The SMILES string of the molecule is CC.CCN1CC2(CC(C(=O)NCCCCCOC(C)C)C2)C1.[HH]. The maximum atomic E-state index is 12.0. The lowest BCUT2D eigenvalue weighted by Gasteiger charge is -2.58. The minimum absolute atomic E-state index is 0. The van der Waals surface area contributed by atoms with Gasteiger partial charge in [-0.3, -0.25) is 4.79 Å². The number of amides is 1. The fourth-order valence-corrected chi connectivity index (χ4v) is 3.63. The van der Waals surface area contributed by atoms with Gasteiger partial charge in [0.25, 0.3) is 0 Å². The molecule has 1 heterocycles. The van der Waals surface area contributed by atoms with Gasteiger partial charge < -0.3 is 15.0 Å². The normalized spacial score (nSPS) is 19.7. The second kappa shape index (κ2) is 10.3. The molecule has 0 unspecified atom stereocenters. The van der Waals surface area contributed by atoms with E-state index in [4.69, 9.17) is 4.74 Å². The van der Waals surface area contributed by atoms with Gasteiger partial charge in [-0.15, -0.1) is 0 Å². The molecule has 0 bridgehead atoms. The highest BCUT2D eigenvalue weighted by molar-refractivity contribution is 5.79. The molecule has 138 valence electrons. The summed E-state index contributed by atoms with van der Waals surface area (Å²) < 4.78 is 5.50. The Bertz CT molecular complexity index is 336. The van der Waals surface area contributed by atoms with Crippen LogP contribution in [0.1, 0.15) is 68.1 Å². The summed E-state index contributed by atoms with van der Waals surface area (Å²) in [5, 5.41) is 3.10. The molecule has 1 aliphatic heterocycles. The fraction of sp³-hybridized carbons (Fsp3) is 0.947. The van der Waals surface area contributed by atoms with E-state index in [0.717, 1.165) is 51.8 Å². The minimum Gasteiger partial charge on any atom is -0.379 e. The highest BCUT2D eigenvalue weighted by atomic mass is 16.5. The summed E-state index contributed by atoms with van der Waals surface area (Å²) in [4.78, 5) is 14.5. The van der Waals surface area contributed by atoms with Crippen LogP contribution < -0.4 is 5.32 Å². The zero-order chi connectivity index (χ0) is 17.3. The van der Waals surface area contributed by atoms with Crippen LogP contribution in [0, 0.1) is 11.3 Å². The van der Waals surface area contributed by atoms with Crippen molar-refractivity contribution < 1.29 is 11.0 Å². The quantitative estimate of drug-likeness (QED) is 0.656. The standard InChI is InChI=1S/C17H32N2O2.C2H6.H2/c1-4-19-12-17(13-19)10-15(11-17)16(20)18-8-6-5-7-9-21-14(2)3;1-2;/h14-15H,4-13H2,1-3H3,(H,18,20);1-2H3;1H. The van der Waals surface area contributed by atoms with Gasteiger partial charge in [0.15, 0.2) is 0 Å². The lowest BCUT2D eigenvalue weighted by atomic mass is 9.57. The second-order valence-corrected chi connectivity index (χ2v) is 7.18. The van der Waals surface area contributed by atoms with Crippen molar-refractivity contribution in [3.05, 3.63) is 0 Å². The topological polar surface area (TPSA) is 41.6 Å². The van der Waals surface area contributed by atoms with Crippen molar-refractivity contribution in [2.75, 3.05) is 32.8 Å². The van der Waals surface area contributed by atoms with Crippen molar-refractivity contribution in [1.82, 2.24) is 10.2 Å². The molecule has 23 heavy (non-hydrogen) atoms. The van der Waals surface area contributed by atoms with Crippen LogP contribution in [0.5, 0.6) is 0 Å². The van der Waals surface area contributed by atoms with E-state index in [1.165, 1.54) is 13.1 Å². The first-order chi connectivity index (χ1) is 11.0. The Morgan fingerprint density at radius 2 is 1.91 bits per heavy atom. The predicted molar refractivity (Wildman–Crippen MR) is 98.7 cm³/mol. The third-order valence-electron chi connectivity index (χ3n) is 4.87. The van der Waals surface area contributed by atoms with Crippen molar-refractivity contribution in [2.24, 2.45) is 11.3 Å². The molecule has 2 aliphatic rings. The lowest BCUT2D eigenvalue weighted by molar-refractivity contribution is -0.143. The number of rotatable bonds is 9. The van der Waals surface area contributed by atoms with Crippen LogP contribution in [-0.2, 0) is 9.53 Å². The second-order valence-electron chi connectivity index (χ2n) is 7.18. The van der Waals surface area contributed by atoms with Gasteiger partial charge in [0.2, 0.25) is 5.91 Å². The average molecular weight is 329 g/mol. The number of carbonyl (C=O) groups is 1. The van der Waals surface area contributed by atoms with Crippen LogP contribution in [0.2, 0.25) is 0 Å². The molecule has 0 radical (unpaired) electrons. The molecule has 2 fully saturated rings. The van der Waals surface area contributed by atoms with Crippen molar-refractivity contribution in [3.8, 4) is 0 Å². The third-order valence-corrected chi connectivity index (χ3v) is 4.87. The molecule has 0 aromatic heterocycles. The first-order valence-corrected chi connectivity index (χ1v) is 9.66. The Morgan fingerprint density at radius 1 is 1.26 bits per heavy atom. The number of nitrogens with one attached hydrogen (secondary N) is 1. The number of likely N-dealkylation sites (tertiary alicyclic amines) is 1. The molecule has 0 aromatic carbocycles. The van der Waals surface area contributed by atoms with E-state index in [1.54, 1.807) is 0 Å². The summed E-state index contributed by atoms with van der Waals surface area (Å²) in [6, 6.07) is 0. The molecule has 4 heteroatoms. The van der Waals surface area contributed by atoms with Crippen LogP contribution in [0.3, 0.4) is 0 Å². The van der Waals surface area contributed by atoms with Crippen LogP contribution in [-0.4, -0.2) is 49.7 Å². The first-order valence-electron chi connectivity index (χ1n) is 9.66. The number of hydrogen-bond acceptors (Lipinski definition) is 3.